The van der Waals surface area contributed by atoms with Crippen molar-refractivity contribution in [2.75, 3.05) is 0 Å². The number of aryl methyl sites for hydroxylation is 1. The monoisotopic (exact) mass is 194 g/mol. The first-order valence-electron chi connectivity index (χ1n) is 4.56. The molecule has 0 heterocycles. The van der Waals surface area contributed by atoms with Crippen molar-refractivity contribution in [2.24, 2.45) is 0 Å². The van der Waals surface area contributed by atoms with E-state index in [2.05, 4.69) is 0 Å². The van der Waals surface area contributed by atoms with Crippen LogP contribution in [0.25, 0.3) is 0 Å². The lowest BCUT2D eigenvalue weighted by atomic mass is 10.0. The molecule has 0 aliphatic rings. The molecule has 3 heteroatoms. The summed E-state index contributed by atoms with van der Waals surface area (Å²) in [6, 6.07) is 7.45. The van der Waals surface area contributed by atoms with E-state index in [-0.39, 0.29) is 12.8 Å². The summed E-state index contributed by atoms with van der Waals surface area (Å²) >= 11 is 0. The van der Waals surface area contributed by atoms with Gasteiger partial charge in [0, 0.05) is 6.42 Å². The lowest BCUT2D eigenvalue weighted by molar-refractivity contribution is -0.137. The lowest BCUT2D eigenvalue weighted by Crippen LogP contribution is -2.03. The molecule has 0 spiro atoms. The molecule has 0 saturated carbocycles. The van der Waals surface area contributed by atoms with Crippen LogP contribution in [0.15, 0.2) is 24.3 Å². The minimum atomic E-state index is -0.877. The highest BCUT2D eigenvalue weighted by molar-refractivity contribution is 5.66. The third-order valence-electron chi connectivity index (χ3n) is 2.18. The van der Waals surface area contributed by atoms with E-state index < -0.39 is 12.1 Å². The van der Waals surface area contributed by atoms with Gasteiger partial charge in [0.05, 0.1) is 6.10 Å². The Hall–Kier alpha value is -1.35. The molecule has 0 aliphatic carbocycles. The Balaban J connectivity index is 2.65. The Morgan fingerprint density at radius 1 is 1.43 bits per heavy atom. The fraction of sp³-hybridized carbons (Fsp3) is 0.364. The Labute approximate surface area is 83.0 Å². The molecule has 0 bridgehead atoms. The molecule has 0 fully saturated rings. The molecule has 1 aromatic rings. The van der Waals surface area contributed by atoms with Crippen LogP contribution in [-0.2, 0) is 4.79 Å². The van der Waals surface area contributed by atoms with Gasteiger partial charge in [0.15, 0.2) is 0 Å². The molecule has 0 amide bonds. The SMILES string of the molecule is Cc1ccccc1[C@H](O)CCC(=O)O. The molecular formula is C11H14O3. The number of aliphatic hydroxyl groups is 1. The van der Waals surface area contributed by atoms with Crippen molar-refractivity contribution < 1.29 is 15.0 Å². The number of benzene rings is 1. The van der Waals surface area contributed by atoms with Gasteiger partial charge in [-0.15, -0.1) is 0 Å². The Bertz CT molecular complexity index is 320. The van der Waals surface area contributed by atoms with Crippen molar-refractivity contribution in [3.63, 3.8) is 0 Å². The van der Waals surface area contributed by atoms with Crippen LogP contribution in [0.3, 0.4) is 0 Å². The van der Waals surface area contributed by atoms with Crippen LogP contribution in [0, 0.1) is 6.92 Å². The van der Waals surface area contributed by atoms with E-state index in [4.69, 9.17) is 5.11 Å². The molecular weight excluding hydrogens is 180 g/mol. The fourth-order valence-electron chi connectivity index (χ4n) is 1.38. The molecule has 0 aliphatic heterocycles. The van der Waals surface area contributed by atoms with Crippen LogP contribution < -0.4 is 0 Å². The molecule has 1 rings (SSSR count). The number of carboxylic acids is 1. The van der Waals surface area contributed by atoms with Gasteiger partial charge in [-0.3, -0.25) is 4.79 Å². The maximum absolute atomic E-state index is 10.3. The van der Waals surface area contributed by atoms with Gasteiger partial charge in [-0.1, -0.05) is 24.3 Å². The highest BCUT2D eigenvalue weighted by Crippen LogP contribution is 2.21. The van der Waals surface area contributed by atoms with Crippen molar-refractivity contribution in [3.05, 3.63) is 35.4 Å². The van der Waals surface area contributed by atoms with Crippen LogP contribution in [-0.4, -0.2) is 16.2 Å². The number of aliphatic hydroxyl groups excluding tert-OH is 1. The second-order valence-electron chi connectivity index (χ2n) is 3.30. The quantitative estimate of drug-likeness (QED) is 0.769. The highest BCUT2D eigenvalue weighted by Gasteiger charge is 2.11. The average molecular weight is 194 g/mol. The van der Waals surface area contributed by atoms with Gasteiger partial charge in [-0.25, -0.2) is 0 Å². The summed E-state index contributed by atoms with van der Waals surface area (Å²) in [6.07, 6.45) is -0.414. The zero-order valence-electron chi connectivity index (χ0n) is 8.10. The summed E-state index contributed by atoms with van der Waals surface area (Å²) < 4.78 is 0. The summed E-state index contributed by atoms with van der Waals surface area (Å²) in [5.74, 6) is -0.877. The summed E-state index contributed by atoms with van der Waals surface area (Å²) in [5, 5.41) is 18.2. The molecule has 0 aromatic heterocycles. The van der Waals surface area contributed by atoms with Crippen LogP contribution in [0.4, 0.5) is 0 Å². The lowest BCUT2D eigenvalue weighted by Gasteiger charge is -2.11. The second-order valence-corrected chi connectivity index (χ2v) is 3.30. The zero-order valence-corrected chi connectivity index (χ0v) is 8.10. The first-order chi connectivity index (χ1) is 6.61. The number of hydrogen-bond acceptors (Lipinski definition) is 2. The standard InChI is InChI=1S/C11H14O3/c1-8-4-2-3-5-9(8)10(12)6-7-11(13)14/h2-5,10,12H,6-7H2,1H3,(H,13,14)/t10-/m1/s1. The normalized spacial score (nSPS) is 12.4. The fourth-order valence-corrected chi connectivity index (χ4v) is 1.38. The van der Waals surface area contributed by atoms with Gasteiger partial charge in [-0.05, 0) is 24.5 Å². The van der Waals surface area contributed by atoms with Gasteiger partial charge in [0.2, 0.25) is 0 Å². The summed E-state index contributed by atoms with van der Waals surface area (Å²) in [6.45, 7) is 1.90. The molecule has 14 heavy (non-hydrogen) atoms. The minimum Gasteiger partial charge on any atom is -0.481 e. The number of rotatable bonds is 4. The van der Waals surface area contributed by atoms with Crippen LogP contribution >= 0.6 is 0 Å². The average Bonchev–Trinajstić information content (AvgIpc) is 2.15. The van der Waals surface area contributed by atoms with Gasteiger partial charge >= 0.3 is 5.97 Å². The maximum atomic E-state index is 10.3. The van der Waals surface area contributed by atoms with Gasteiger partial charge in [0.1, 0.15) is 0 Å². The van der Waals surface area contributed by atoms with Crippen molar-refractivity contribution in [1.29, 1.82) is 0 Å². The number of aliphatic carboxylic acids is 1. The van der Waals surface area contributed by atoms with E-state index in [0.717, 1.165) is 11.1 Å². The van der Waals surface area contributed by atoms with Gasteiger partial charge < -0.3 is 10.2 Å². The molecule has 0 radical (unpaired) electrons. The summed E-state index contributed by atoms with van der Waals surface area (Å²) in [5.41, 5.74) is 1.80. The predicted molar refractivity (Wildman–Crippen MR) is 53.0 cm³/mol. The second kappa shape index (κ2) is 4.77. The van der Waals surface area contributed by atoms with Gasteiger partial charge in [0.25, 0.3) is 0 Å². The van der Waals surface area contributed by atoms with E-state index in [1.54, 1.807) is 0 Å². The minimum absolute atomic E-state index is 0.00446. The van der Waals surface area contributed by atoms with Crippen molar-refractivity contribution in [3.8, 4) is 0 Å². The summed E-state index contributed by atoms with van der Waals surface area (Å²) in [4.78, 5) is 10.3. The Kier molecular flexibility index (Phi) is 3.65. The van der Waals surface area contributed by atoms with Crippen molar-refractivity contribution in [1.82, 2.24) is 0 Å². The number of carboxylic acid groups (broad SMARTS) is 1. The van der Waals surface area contributed by atoms with E-state index in [9.17, 15) is 9.90 Å². The smallest absolute Gasteiger partial charge is 0.303 e. The van der Waals surface area contributed by atoms with Gasteiger partial charge in [-0.2, -0.15) is 0 Å². The molecule has 3 nitrogen and oxygen atoms in total. The molecule has 0 saturated heterocycles. The van der Waals surface area contributed by atoms with Crippen LogP contribution in [0.5, 0.6) is 0 Å². The molecule has 76 valence electrons. The van der Waals surface area contributed by atoms with Crippen molar-refractivity contribution >= 4 is 5.97 Å². The number of hydrogen-bond donors (Lipinski definition) is 2. The zero-order chi connectivity index (χ0) is 10.6. The predicted octanol–water partition coefficient (Wildman–Crippen LogP) is 1.89. The third kappa shape index (κ3) is 2.85. The number of carbonyl (C=O) groups is 1. The van der Waals surface area contributed by atoms with E-state index in [0.29, 0.717) is 0 Å². The molecule has 0 unspecified atom stereocenters. The Morgan fingerprint density at radius 2 is 2.07 bits per heavy atom. The molecule has 1 aromatic carbocycles. The first-order valence-corrected chi connectivity index (χ1v) is 4.56. The summed E-state index contributed by atoms with van der Waals surface area (Å²) in [7, 11) is 0. The maximum Gasteiger partial charge on any atom is 0.303 e. The van der Waals surface area contributed by atoms with Crippen molar-refractivity contribution in [2.45, 2.75) is 25.9 Å². The van der Waals surface area contributed by atoms with E-state index in [1.807, 2.05) is 31.2 Å². The molecule has 2 N–H and O–H groups in total. The first kappa shape index (κ1) is 10.7. The molecule has 1 atom stereocenters. The topological polar surface area (TPSA) is 57.5 Å². The highest BCUT2D eigenvalue weighted by atomic mass is 16.4. The largest absolute Gasteiger partial charge is 0.481 e. The van der Waals surface area contributed by atoms with Crippen LogP contribution in [0.1, 0.15) is 30.1 Å². The van der Waals surface area contributed by atoms with Crippen LogP contribution in [0.2, 0.25) is 0 Å². The Morgan fingerprint density at radius 3 is 2.64 bits per heavy atom. The van der Waals surface area contributed by atoms with E-state index in [1.165, 1.54) is 0 Å². The van der Waals surface area contributed by atoms with E-state index >= 15 is 0 Å². The third-order valence-corrected chi connectivity index (χ3v) is 2.18.